The van der Waals surface area contributed by atoms with E-state index >= 15 is 0 Å². The molecule has 3 amide bonds. The summed E-state index contributed by atoms with van der Waals surface area (Å²) in [4.78, 5) is 39.7. The quantitative estimate of drug-likeness (QED) is 0.746. The molecule has 1 saturated heterocycles. The number of benzene rings is 1. The molecular formula is C19H24N2O5. The first-order chi connectivity index (χ1) is 12.3. The maximum atomic E-state index is 12.8. The fourth-order valence-electron chi connectivity index (χ4n) is 3.01. The van der Waals surface area contributed by atoms with Crippen molar-refractivity contribution in [2.75, 3.05) is 13.2 Å². The Morgan fingerprint density at radius 3 is 2.58 bits per heavy atom. The van der Waals surface area contributed by atoms with Crippen molar-refractivity contribution in [1.82, 2.24) is 9.80 Å². The van der Waals surface area contributed by atoms with Gasteiger partial charge in [-0.15, -0.1) is 0 Å². The second kappa shape index (κ2) is 6.97. The number of imide groups is 1. The third-order valence-corrected chi connectivity index (χ3v) is 4.54. The van der Waals surface area contributed by atoms with Crippen LogP contribution in [0.1, 0.15) is 39.2 Å². The number of para-hydroxylation sites is 1. The van der Waals surface area contributed by atoms with E-state index in [1.54, 1.807) is 4.90 Å². The van der Waals surface area contributed by atoms with E-state index in [1.807, 2.05) is 31.2 Å². The van der Waals surface area contributed by atoms with Crippen LogP contribution in [0.15, 0.2) is 24.3 Å². The molecule has 0 N–H and O–H groups in total. The van der Waals surface area contributed by atoms with E-state index in [2.05, 4.69) is 0 Å². The van der Waals surface area contributed by atoms with Gasteiger partial charge in [0.2, 0.25) is 5.91 Å². The van der Waals surface area contributed by atoms with Gasteiger partial charge in [0, 0.05) is 18.2 Å². The van der Waals surface area contributed by atoms with E-state index in [-0.39, 0.29) is 18.5 Å². The average Bonchev–Trinajstić information content (AvgIpc) is 3.39. The van der Waals surface area contributed by atoms with E-state index in [1.165, 1.54) is 13.8 Å². The summed E-state index contributed by atoms with van der Waals surface area (Å²) in [7, 11) is 0. The lowest BCUT2D eigenvalue weighted by atomic mass is 10.1. The van der Waals surface area contributed by atoms with Gasteiger partial charge in [0.1, 0.15) is 12.3 Å². The molecule has 1 aliphatic heterocycles. The number of hydrogen-bond donors (Lipinski definition) is 0. The monoisotopic (exact) mass is 360 g/mol. The second-order valence-electron chi connectivity index (χ2n) is 7.06. The molecule has 0 radical (unpaired) electrons. The lowest BCUT2D eigenvalue weighted by molar-refractivity contribution is -0.140. The van der Waals surface area contributed by atoms with Crippen LogP contribution < -0.4 is 4.74 Å². The number of ether oxygens (including phenoxy) is 2. The Morgan fingerprint density at radius 1 is 1.31 bits per heavy atom. The predicted octanol–water partition coefficient (Wildman–Crippen LogP) is 2.33. The first-order valence-corrected chi connectivity index (χ1v) is 8.88. The van der Waals surface area contributed by atoms with Crippen LogP contribution in [0, 0.1) is 0 Å². The van der Waals surface area contributed by atoms with Crippen molar-refractivity contribution in [3.8, 4) is 5.75 Å². The molecule has 7 heteroatoms. The SMILES string of the molecule is CCOc1ccccc1CN(C(=O)CN1C(=O)OC(C)(C)C1=O)C1CC1. The Morgan fingerprint density at radius 2 is 2.00 bits per heavy atom. The Labute approximate surface area is 152 Å². The van der Waals surface area contributed by atoms with Crippen molar-refractivity contribution >= 4 is 17.9 Å². The fraction of sp³-hybridized carbons (Fsp3) is 0.526. The van der Waals surface area contributed by atoms with Gasteiger partial charge in [-0.2, -0.15) is 0 Å². The van der Waals surface area contributed by atoms with Gasteiger partial charge >= 0.3 is 6.09 Å². The first kappa shape index (κ1) is 18.2. The smallest absolute Gasteiger partial charge is 0.418 e. The highest BCUT2D eigenvalue weighted by atomic mass is 16.6. The molecule has 26 heavy (non-hydrogen) atoms. The van der Waals surface area contributed by atoms with Gasteiger partial charge in [-0.05, 0) is 39.7 Å². The lowest BCUT2D eigenvalue weighted by Crippen LogP contribution is -2.45. The molecule has 1 aromatic rings. The normalized spacial score (nSPS) is 18.7. The van der Waals surface area contributed by atoms with E-state index in [0.29, 0.717) is 13.2 Å². The van der Waals surface area contributed by atoms with Crippen LogP contribution in [0.4, 0.5) is 4.79 Å². The van der Waals surface area contributed by atoms with E-state index in [4.69, 9.17) is 9.47 Å². The highest BCUT2D eigenvalue weighted by molar-refractivity contribution is 6.04. The third-order valence-electron chi connectivity index (χ3n) is 4.54. The summed E-state index contributed by atoms with van der Waals surface area (Å²) >= 11 is 0. The minimum Gasteiger partial charge on any atom is -0.494 e. The Bertz CT molecular complexity index is 726. The van der Waals surface area contributed by atoms with Gasteiger partial charge in [-0.25, -0.2) is 9.69 Å². The number of cyclic esters (lactones) is 1. The molecule has 1 saturated carbocycles. The van der Waals surface area contributed by atoms with Gasteiger partial charge in [0.25, 0.3) is 5.91 Å². The topological polar surface area (TPSA) is 76.2 Å². The zero-order chi connectivity index (χ0) is 18.9. The van der Waals surface area contributed by atoms with Crippen LogP contribution in [-0.4, -0.2) is 52.5 Å². The molecule has 1 heterocycles. The van der Waals surface area contributed by atoms with Gasteiger partial charge in [0.15, 0.2) is 5.60 Å². The van der Waals surface area contributed by atoms with Crippen LogP contribution in [0.3, 0.4) is 0 Å². The first-order valence-electron chi connectivity index (χ1n) is 8.88. The van der Waals surface area contributed by atoms with Crippen molar-refractivity contribution < 1.29 is 23.9 Å². The van der Waals surface area contributed by atoms with Gasteiger partial charge in [0.05, 0.1) is 6.61 Å². The minimum atomic E-state index is -1.22. The zero-order valence-corrected chi connectivity index (χ0v) is 15.4. The minimum absolute atomic E-state index is 0.138. The Balaban J connectivity index is 1.74. The molecule has 0 aromatic heterocycles. The van der Waals surface area contributed by atoms with Crippen molar-refractivity contribution in [2.24, 2.45) is 0 Å². The van der Waals surface area contributed by atoms with E-state index < -0.39 is 17.6 Å². The largest absolute Gasteiger partial charge is 0.494 e. The number of hydrogen-bond acceptors (Lipinski definition) is 5. The van der Waals surface area contributed by atoms with E-state index in [0.717, 1.165) is 29.1 Å². The molecule has 0 atom stereocenters. The highest BCUT2D eigenvalue weighted by Gasteiger charge is 2.48. The summed E-state index contributed by atoms with van der Waals surface area (Å²) in [6.45, 7) is 5.59. The predicted molar refractivity (Wildman–Crippen MR) is 93.5 cm³/mol. The Kier molecular flexibility index (Phi) is 4.89. The molecule has 1 aliphatic carbocycles. The van der Waals surface area contributed by atoms with Crippen molar-refractivity contribution in [3.63, 3.8) is 0 Å². The standard InChI is InChI=1S/C19H24N2O5/c1-4-25-15-8-6-5-7-13(15)11-20(14-9-10-14)16(22)12-21-17(23)19(2,3)26-18(21)24/h5-8,14H,4,9-12H2,1-3H3. The molecule has 140 valence electrons. The van der Waals surface area contributed by atoms with Crippen LogP contribution >= 0.6 is 0 Å². The number of carbonyl (C=O) groups is 3. The Hall–Kier alpha value is -2.57. The summed E-state index contributed by atoms with van der Waals surface area (Å²) in [5.41, 5.74) is -0.311. The van der Waals surface area contributed by atoms with Gasteiger partial charge < -0.3 is 14.4 Å². The zero-order valence-electron chi connectivity index (χ0n) is 15.4. The van der Waals surface area contributed by atoms with Gasteiger partial charge in [-0.3, -0.25) is 9.59 Å². The molecule has 3 rings (SSSR count). The van der Waals surface area contributed by atoms with Gasteiger partial charge in [-0.1, -0.05) is 18.2 Å². The summed E-state index contributed by atoms with van der Waals surface area (Å²) in [6, 6.07) is 7.72. The number of amides is 3. The molecule has 2 fully saturated rings. The van der Waals surface area contributed by atoms with Crippen molar-refractivity contribution in [2.45, 2.75) is 51.8 Å². The second-order valence-corrected chi connectivity index (χ2v) is 7.06. The summed E-state index contributed by atoms with van der Waals surface area (Å²) in [5.74, 6) is -0.00523. The fourth-order valence-corrected chi connectivity index (χ4v) is 3.01. The number of carbonyl (C=O) groups excluding carboxylic acids is 3. The van der Waals surface area contributed by atoms with E-state index in [9.17, 15) is 14.4 Å². The van der Waals surface area contributed by atoms with Crippen molar-refractivity contribution in [1.29, 1.82) is 0 Å². The molecule has 0 unspecified atom stereocenters. The summed E-state index contributed by atoms with van der Waals surface area (Å²) < 4.78 is 10.7. The molecule has 0 spiro atoms. The number of nitrogens with zero attached hydrogens (tertiary/aromatic N) is 2. The molecule has 2 aliphatic rings. The number of rotatable bonds is 7. The lowest BCUT2D eigenvalue weighted by Gasteiger charge is -2.25. The van der Waals surface area contributed by atoms with Crippen LogP contribution in [0.2, 0.25) is 0 Å². The maximum absolute atomic E-state index is 12.8. The summed E-state index contributed by atoms with van der Waals surface area (Å²) in [6.07, 6.45) is 1.08. The van der Waals surface area contributed by atoms with Crippen LogP contribution in [0.25, 0.3) is 0 Å². The van der Waals surface area contributed by atoms with Crippen LogP contribution in [-0.2, 0) is 20.9 Å². The highest BCUT2D eigenvalue weighted by Crippen LogP contribution is 2.31. The molecule has 7 nitrogen and oxygen atoms in total. The molecular weight excluding hydrogens is 336 g/mol. The average molecular weight is 360 g/mol. The maximum Gasteiger partial charge on any atom is 0.418 e. The summed E-state index contributed by atoms with van der Waals surface area (Å²) in [5, 5.41) is 0. The third kappa shape index (κ3) is 3.66. The molecule has 1 aromatic carbocycles. The van der Waals surface area contributed by atoms with Crippen molar-refractivity contribution in [3.05, 3.63) is 29.8 Å². The van der Waals surface area contributed by atoms with Crippen LogP contribution in [0.5, 0.6) is 5.75 Å². The molecule has 0 bridgehead atoms.